The van der Waals surface area contributed by atoms with Gasteiger partial charge in [-0.2, -0.15) is 0 Å². The van der Waals surface area contributed by atoms with Gasteiger partial charge in [0.15, 0.2) is 0 Å². The van der Waals surface area contributed by atoms with Crippen LogP contribution in [0.2, 0.25) is 0 Å². The van der Waals surface area contributed by atoms with Gasteiger partial charge in [-0.15, -0.1) is 5.53 Å². The molecule has 0 radical (unpaired) electrons. The highest BCUT2D eigenvalue weighted by Gasteiger charge is 2.26. The zero-order chi connectivity index (χ0) is 10.1. The van der Waals surface area contributed by atoms with Crippen molar-refractivity contribution < 1.29 is 10.2 Å². The van der Waals surface area contributed by atoms with Crippen molar-refractivity contribution in [3.8, 4) is 0 Å². The van der Waals surface area contributed by atoms with Crippen molar-refractivity contribution in [1.29, 1.82) is 0 Å². The van der Waals surface area contributed by atoms with E-state index in [-0.39, 0.29) is 13.3 Å². The summed E-state index contributed by atoms with van der Waals surface area (Å²) >= 11 is 5.07. The van der Waals surface area contributed by atoms with Gasteiger partial charge in [-0.3, -0.25) is 5.01 Å². The van der Waals surface area contributed by atoms with E-state index >= 15 is 0 Å². The maximum atomic E-state index is 8.93. The van der Waals surface area contributed by atoms with Crippen LogP contribution in [0, 0.1) is 0 Å². The van der Waals surface area contributed by atoms with Gasteiger partial charge in [0.2, 0.25) is 0 Å². The first-order chi connectivity index (χ1) is 6.74. The molecule has 0 unspecified atom stereocenters. The largest absolute Gasteiger partial charge is 0.390 e. The van der Waals surface area contributed by atoms with Crippen molar-refractivity contribution in [2.75, 3.05) is 13.3 Å². The highest BCUT2D eigenvalue weighted by Crippen LogP contribution is 2.15. The van der Waals surface area contributed by atoms with Crippen molar-refractivity contribution in [2.24, 2.45) is 0 Å². The van der Waals surface area contributed by atoms with Gasteiger partial charge in [-0.05, 0) is 6.08 Å². The first-order valence-electron chi connectivity index (χ1n) is 4.03. The molecule has 4 N–H and O–H groups in total. The van der Waals surface area contributed by atoms with E-state index < -0.39 is 0 Å². The summed E-state index contributed by atoms with van der Waals surface area (Å²) in [7, 11) is 0. The van der Waals surface area contributed by atoms with Gasteiger partial charge in [0.05, 0.1) is 12.8 Å². The molecule has 0 aromatic heterocycles. The molecule has 2 aliphatic rings. The lowest BCUT2D eigenvalue weighted by molar-refractivity contribution is 0.0771. The second kappa shape index (κ2) is 3.54. The van der Waals surface area contributed by atoms with Crippen LogP contribution in [0.3, 0.4) is 0 Å². The van der Waals surface area contributed by atoms with E-state index in [2.05, 4.69) is 10.9 Å². The first kappa shape index (κ1) is 9.41. The third-order valence-electron chi connectivity index (χ3n) is 1.88. The molecule has 14 heavy (non-hydrogen) atoms. The van der Waals surface area contributed by atoms with Crippen molar-refractivity contribution >= 4 is 17.2 Å². The lowest BCUT2D eigenvalue weighted by Gasteiger charge is -2.27. The van der Waals surface area contributed by atoms with Gasteiger partial charge < -0.3 is 15.5 Å². The Hall–Kier alpha value is -1.15. The zero-order valence-electron chi connectivity index (χ0n) is 7.27. The number of hydrogen-bond donors (Lipinski definition) is 4. The molecule has 7 heteroatoms. The molecule has 0 saturated carbocycles. The molecule has 0 atom stereocenters. The topological polar surface area (TPSA) is 71.0 Å². The first-order valence-corrected chi connectivity index (χ1v) is 4.43. The predicted octanol–water partition coefficient (Wildman–Crippen LogP) is -1.42. The molecule has 2 aliphatic heterocycles. The number of thiocarbonyl (C=S) groups is 1. The molecule has 0 spiro atoms. The normalized spacial score (nSPS) is 20.3. The molecular weight excluding hydrogens is 204 g/mol. The van der Waals surface area contributed by atoms with Crippen LogP contribution in [0.5, 0.6) is 0 Å². The molecule has 0 fully saturated rings. The SMILES string of the molecule is OCC1=CC(=S)N2NN(CO)C=C2N1. The molecule has 6 nitrogen and oxygen atoms in total. The quantitative estimate of drug-likeness (QED) is 0.420. The Morgan fingerprint density at radius 1 is 1.43 bits per heavy atom. The number of aliphatic hydroxyl groups is 2. The maximum absolute atomic E-state index is 8.93. The Balaban J connectivity index is 2.21. The van der Waals surface area contributed by atoms with Gasteiger partial charge >= 0.3 is 0 Å². The summed E-state index contributed by atoms with van der Waals surface area (Å²) in [5.41, 5.74) is 3.47. The molecule has 0 aromatic rings. The van der Waals surface area contributed by atoms with Gasteiger partial charge in [-0.1, -0.05) is 12.2 Å². The van der Waals surface area contributed by atoms with Gasteiger partial charge in [0.1, 0.15) is 17.5 Å². The van der Waals surface area contributed by atoms with E-state index in [1.807, 2.05) is 0 Å². The average Bonchev–Trinajstić information content (AvgIpc) is 2.61. The Bertz CT molecular complexity index is 328. The minimum absolute atomic E-state index is 0.0928. The van der Waals surface area contributed by atoms with Gasteiger partial charge in [0, 0.05) is 5.70 Å². The molecule has 2 rings (SSSR count). The number of aliphatic hydroxyl groups excluding tert-OH is 2. The molecule has 0 bridgehead atoms. The molecular formula is C7H10N4O2S. The van der Waals surface area contributed by atoms with Crippen LogP contribution >= 0.6 is 12.2 Å². The summed E-state index contributed by atoms with van der Waals surface area (Å²) in [6.07, 6.45) is 3.31. The fraction of sp³-hybridized carbons (Fsp3) is 0.286. The van der Waals surface area contributed by atoms with Crippen molar-refractivity contribution in [2.45, 2.75) is 0 Å². The maximum Gasteiger partial charge on any atom is 0.145 e. The van der Waals surface area contributed by atoms with E-state index in [1.54, 1.807) is 17.3 Å². The molecule has 0 amide bonds. The van der Waals surface area contributed by atoms with Crippen LogP contribution in [0.25, 0.3) is 0 Å². The summed E-state index contributed by atoms with van der Waals surface area (Å²) in [6, 6.07) is 0. The molecule has 0 aliphatic carbocycles. The number of nitrogens with one attached hydrogen (secondary N) is 2. The Kier molecular flexibility index (Phi) is 2.38. The molecule has 0 aromatic carbocycles. The second-order valence-electron chi connectivity index (χ2n) is 2.85. The summed E-state index contributed by atoms with van der Waals surface area (Å²) in [5.74, 6) is 0.690. The molecule has 0 saturated heterocycles. The smallest absolute Gasteiger partial charge is 0.145 e. The van der Waals surface area contributed by atoms with E-state index in [0.29, 0.717) is 16.5 Å². The highest BCUT2D eigenvalue weighted by atomic mass is 32.1. The number of hydrogen-bond acceptors (Lipinski definition) is 6. The van der Waals surface area contributed by atoms with Crippen LogP contribution in [-0.2, 0) is 0 Å². The number of nitrogens with zero attached hydrogens (tertiary/aromatic N) is 2. The summed E-state index contributed by atoms with van der Waals surface area (Å²) in [5, 5.41) is 23.8. The lowest BCUT2D eigenvalue weighted by Crippen LogP contribution is -2.47. The van der Waals surface area contributed by atoms with Crippen LogP contribution in [0.1, 0.15) is 0 Å². The van der Waals surface area contributed by atoms with Crippen molar-refractivity contribution in [3.63, 3.8) is 0 Å². The van der Waals surface area contributed by atoms with E-state index in [0.717, 1.165) is 0 Å². The summed E-state index contributed by atoms with van der Waals surface area (Å²) < 4.78 is 0. The van der Waals surface area contributed by atoms with Gasteiger partial charge in [-0.25, -0.2) is 5.01 Å². The summed E-state index contributed by atoms with van der Waals surface area (Å²) in [6.45, 7) is -0.247. The predicted molar refractivity (Wildman–Crippen MR) is 52.9 cm³/mol. The fourth-order valence-corrected chi connectivity index (χ4v) is 1.53. The number of rotatable bonds is 2. The van der Waals surface area contributed by atoms with Crippen LogP contribution in [0.15, 0.2) is 23.8 Å². The fourth-order valence-electron chi connectivity index (χ4n) is 1.24. The molecule has 2 heterocycles. The van der Waals surface area contributed by atoms with Gasteiger partial charge in [0.25, 0.3) is 0 Å². The number of fused-ring (bicyclic) bond motifs is 1. The van der Waals surface area contributed by atoms with E-state index in [1.165, 1.54) is 5.01 Å². The Morgan fingerprint density at radius 2 is 2.21 bits per heavy atom. The van der Waals surface area contributed by atoms with E-state index in [4.69, 9.17) is 22.4 Å². The highest BCUT2D eigenvalue weighted by molar-refractivity contribution is 7.80. The lowest BCUT2D eigenvalue weighted by atomic mass is 10.3. The minimum atomic E-state index is -0.154. The van der Waals surface area contributed by atoms with E-state index in [9.17, 15) is 0 Å². The van der Waals surface area contributed by atoms with Crippen LogP contribution < -0.4 is 10.9 Å². The standard InChI is InChI=1S/C7H10N4O2S/c12-3-5-1-7(14)11-6(8-5)2-10(4-13)9-11/h1-2,8-9,12-13H,3-4H2. The monoisotopic (exact) mass is 214 g/mol. The van der Waals surface area contributed by atoms with Crippen LogP contribution in [-0.4, -0.2) is 38.6 Å². The van der Waals surface area contributed by atoms with Crippen molar-refractivity contribution in [1.82, 2.24) is 20.9 Å². The average molecular weight is 214 g/mol. The zero-order valence-corrected chi connectivity index (χ0v) is 8.08. The summed E-state index contributed by atoms with van der Waals surface area (Å²) in [4.78, 5) is 0.537. The third-order valence-corrected chi connectivity index (χ3v) is 2.18. The molecule has 76 valence electrons. The Morgan fingerprint density at radius 3 is 2.86 bits per heavy atom. The van der Waals surface area contributed by atoms with Crippen molar-refractivity contribution in [3.05, 3.63) is 23.8 Å². The minimum Gasteiger partial charge on any atom is -0.390 e. The van der Waals surface area contributed by atoms with Crippen LogP contribution in [0.4, 0.5) is 0 Å². The number of hydrazine groups is 2. The third kappa shape index (κ3) is 1.46. The second-order valence-corrected chi connectivity index (χ2v) is 3.27. The Labute approximate surface area is 86.0 Å².